The van der Waals surface area contributed by atoms with Crippen LogP contribution in [-0.4, -0.2) is 24.9 Å². The summed E-state index contributed by atoms with van der Waals surface area (Å²) in [4.78, 5) is 0. The van der Waals surface area contributed by atoms with Crippen molar-refractivity contribution in [3.05, 3.63) is 0 Å². The number of aliphatic hydroxyl groups is 1. The first-order chi connectivity index (χ1) is 7.24. The molecule has 0 aromatic carbocycles. The van der Waals surface area contributed by atoms with Gasteiger partial charge in [-0.1, -0.05) is 26.2 Å². The Kier molecular flexibility index (Phi) is 3.68. The maximum atomic E-state index is 9.67. The van der Waals surface area contributed by atoms with Crippen molar-refractivity contribution in [3.63, 3.8) is 0 Å². The smallest absolute Gasteiger partial charge is 0.0516 e. The molecule has 2 nitrogen and oxygen atoms in total. The third-order valence-electron chi connectivity index (χ3n) is 4.41. The Labute approximate surface area is 93.0 Å². The van der Waals surface area contributed by atoms with Gasteiger partial charge in [-0.3, -0.25) is 0 Å². The van der Waals surface area contributed by atoms with Gasteiger partial charge < -0.3 is 9.84 Å². The van der Waals surface area contributed by atoms with Crippen LogP contribution in [0.4, 0.5) is 0 Å². The largest absolute Gasteiger partial charge is 0.396 e. The monoisotopic (exact) mass is 212 g/mol. The van der Waals surface area contributed by atoms with E-state index < -0.39 is 0 Å². The maximum absolute atomic E-state index is 9.67. The van der Waals surface area contributed by atoms with Crippen LogP contribution in [-0.2, 0) is 4.74 Å². The van der Waals surface area contributed by atoms with E-state index in [9.17, 15) is 5.11 Å². The lowest BCUT2D eigenvalue weighted by atomic mass is 9.66. The fraction of sp³-hybridized carbons (Fsp3) is 1.00. The van der Waals surface area contributed by atoms with Gasteiger partial charge in [0.05, 0.1) is 13.2 Å². The second-order valence-corrected chi connectivity index (χ2v) is 5.75. The molecule has 0 bridgehead atoms. The average Bonchev–Trinajstić information content (AvgIpc) is 2.24. The van der Waals surface area contributed by atoms with Gasteiger partial charge in [0.1, 0.15) is 0 Å². The first kappa shape index (κ1) is 11.4. The molecule has 15 heavy (non-hydrogen) atoms. The van der Waals surface area contributed by atoms with Crippen LogP contribution >= 0.6 is 0 Å². The molecule has 1 heterocycles. The number of ether oxygens (including phenoxy) is 1. The van der Waals surface area contributed by atoms with Gasteiger partial charge >= 0.3 is 0 Å². The molecular weight excluding hydrogens is 188 g/mol. The first-order valence-corrected chi connectivity index (χ1v) is 6.43. The summed E-state index contributed by atoms with van der Waals surface area (Å²) in [5.74, 6) is 1.46. The van der Waals surface area contributed by atoms with Crippen molar-refractivity contribution in [1.29, 1.82) is 0 Å². The molecule has 2 heteroatoms. The summed E-state index contributed by atoms with van der Waals surface area (Å²) in [6, 6.07) is 0. The molecule has 88 valence electrons. The lowest BCUT2D eigenvalue weighted by Gasteiger charge is -2.42. The Morgan fingerprint density at radius 1 is 1.20 bits per heavy atom. The Morgan fingerprint density at radius 3 is 2.33 bits per heavy atom. The van der Waals surface area contributed by atoms with Crippen molar-refractivity contribution in [3.8, 4) is 0 Å². The first-order valence-electron chi connectivity index (χ1n) is 6.43. The summed E-state index contributed by atoms with van der Waals surface area (Å²) >= 11 is 0. The fourth-order valence-corrected chi connectivity index (χ4v) is 3.22. The van der Waals surface area contributed by atoms with Gasteiger partial charge in [0.15, 0.2) is 0 Å². The van der Waals surface area contributed by atoms with Crippen molar-refractivity contribution in [2.75, 3.05) is 19.8 Å². The Hall–Kier alpha value is -0.0800. The summed E-state index contributed by atoms with van der Waals surface area (Å²) in [5.41, 5.74) is 0.162. The fourth-order valence-electron chi connectivity index (χ4n) is 3.22. The predicted octanol–water partition coefficient (Wildman–Crippen LogP) is 2.60. The molecule has 1 aliphatic carbocycles. The van der Waals surface area contributed by atoms with Crippen LogP contribution in [0.1, 0.15) is 45.4 Å². The Morgan fingerprint density at radius 2 is 1.87 bits per heavy atom. The topological polar surface area (TPSA) is 29.5 Å². The summed E-state index contributed by atoms with van der Waals surface area (Å²) in [6.07, 6.45) is 7.93. The van der Waals surface area contributed by atoms with Gasteiger partial charge in [0.2, 0.25) is 0 Å². The number of aliphatic hydroxyl groups excluding tert-OH is 1. The van der Waals surface area contributed by atoms with E-state index in [1.54, 1.807) is 0 Å². The highest BCUT2D eigenvalue weighted by molar-refractivity contribution is 4.87. The van der Waals surface area contributed by atoms with Gasteiger partial charge in [-0.05, 0) is 30.6 Å². The van der Waals surface area contributed by atoms with E-state index in [1.165, 1.54) is 32.1 Å². The Balaban J connectivity index is 1.91. The molecule has 1 saturated heterocycles. The van der Waals surface area contributed by atoms with Gasteiger partial charge in [-0.2, -0.15) is 0 Å². The molecule has 2 rings (SSSR count). The Bertz CT molecular complexity index is 195. The number of hydrogen-bond donors (Lipinski definition) is 1. The van der Waals surface area contributed by atoms with Gasteiger partial charge in [0, 0.05) is 12.5 Å². The van der Waals surface area contributed by atoms with E-state index in [4.69, 9.17) is 4.74 Å². The van der Waals surface area contributed by atoms with Gasteiger partial charge in [0.25, 0.3) is 0 Å². The molecule has 1 aliphatic heterocycles. The zero-order valence-corrected chi connectivity index (χ0v) is 9.87. The minimum Gasteiger partial charge on any atom is -0.396 e. The number of hydrogen-bond acceptors (Lipinski definition) is 2. The quantitative estimate of drug-likeness (QED) is 0.776. The van der Waals surface area contributed by atoms with Crippen LogP contribution in [0.15, 0.2) is 0 Å². The van der Waals surface area contributed by atoms with Crippen LogP contribution in [0.25, 0.3) is 0 Å². The van der Waals surface area contributed by atoms with Crippen LogP contribution < -0.4 is 0 Å². The van der Waals surface area contributed by atoms with Crippen LogP contribution in [0.2, 0.25) is 0 Å². The summed E-state index contributed by atoms with van der Waals surface area (Å²) in [6.45, 7) is 4.47. The van der Waals surface area contributed by atoms with E-state index in [0.29, 0.717) is 12.5 Å². The molecule has 0 spiro atoms. The van der Waals surface area contributed by atoms with Crippen molar-refractivity contribution < 1.29 is 9.84 Å². The van der Waals surface area contributed by atoms with Gasteiger partial charge in [-0.15, -0.1) is 0 Å². The molecule has 1 N–H and O–H groups in total. The second kappa shape index (κ2) is 4.84. The maximum Gasteiger partial charge on any atom is 0.0516 e. The zero-order chi connectivity index (χ0) is 10.7. The van der Waals surface area contributed by atoms with E-state index in [1.807, 2.05) is 0 Å². The SMILES string of the molecule is CC(CO)(CC1COC1)C1CCCCC1. The van der Waals surface area contributed by atoms with Crippen molar-refractivity contribution in [1.82, 2.24) is 0 Å². The normalized spacial score (nSPS) is 28.4. The molecule has 0 radical (unpaired) electrons. The highest BCUT2D eigenvalue weighted by Crippen LogP contribution is 2.43. The van der Waals surface area contributed by atoms with Crippen LogP contribution in [0, 0.1) is 17.3 Å². The van der Waals surface area contributed by atoms with Crippen LogP contribution in [0.3, 0.4) is 0 Å². The third kappa shape index (κ3) is 2.54. The van der Waals surface area contributed by atoms with Crippen LogP contribution in [0.5, 0.6) is 0 Å². The molecule has 2 fully saturated rings. The molecule has 2 aliphatic rings. The average molecular weight is 212 g/mol. The molecule has 0 amide bonds. The molecular formula is C13H24O2. The van der Waals surface area contributed by atoms with E-state index >= 15 is 0 Å². The van der Waals surface area contributed by atoms with Crippen molar-refractivity contribution >= 4 is 0 Å². The molecule has 0 aromatic heterocycles. The standard InChI is InChI=1S/C13H24O2/c1-13(10-14,7-11-8-15-9-11)12-5-3-2-4-6-12/h11-12,14H,2-10H2,1H3. The minimum atomic E-state index is 0.162. The lowest BCUT2D eigenvalue weighted by Crippen LogP contribution is -2.40. The predicted molar refractivity (Wildman–Crippen MR) is 60.7 cm³/mol. The lowest BCUT2D eigenvalue weighted by molar-refractivity contribution is -0.0736. The van der Waals surface area contributed by atoms with Crippen molar-refractivity contribution in [2.24, 2.45) is 17.3 Å². The molecule has 1 saturated carbocycles. The zero-order valence-electron chi connectivity index (χ0n) is 9.87. The molecule has 0 aromatic rings. The third-order valence-corrected chi connectivity index (χ3v) is 4.41. The van der Waals surface area contributed by atoms with Crippen molar-refractivity contribution in [2.45, 2.75) is 45.4 Å². The highest BCUT2D eigenvalue weighted by Gasteiger charge is 2.38. The second-order valence-electron chi connectivity index (χ2n) is 5.75. The summed E-state index contributed by atoms with van der Waals surface area (Å²) in [7, 11) is 0. The summed E-state index contributed by atoms with van der Waals surface area (Å²) in [5, 5.41) is 9.67. The van der Waals surface area contributed by atoms with E-state index in [2.05, 4.69) is 6.92 Å². The van der Waals surface area contributed by atoms with E-state index in [0.717, 1.165) is 25.6 Å². The van der Waals surface area contributed by atoms with E-state index in [-0.39, 0.29) is 5.41 Å². The minimum absolute atomic E-state index is 0.162. The molecule has 1 unspecified atom stereocenters. The number of rotatable bonds is 4. The molecule has 1 atom stereocenters. The van der Waals surface area contributed by atoms with Gasteiger partial charge in [-0.25, -0.2) is 0 Å². The summed E-state index contributed by atoms with van der Waals surface area (Å²) < 4.78 is 5.23. The highest BCUT2D eigenvalue weighted by atomic mass is 16.5.